The van der Waals surface area contributed by atoms with Crippen LogP contribution in [-0.4, -0.2) is 96.6 Å². The molecule has 3 heterocycles. The van der Waals surface area contributed by atoms with E-state index in [1.165, 1.54) is 23.5 Å². The summed E-state index contributed by atoms with van der Waals surface area (Å²) in [6.07, 6.45) is 0.346. The Morgan fingerprint density at radius 2 is 2.31 bits per heavy atom. The summed E-state index contributed by atoms with van der Waals surface area (Å²) in [5.74, 6) is -1.18. The summed E-state index contributed by atoms with van der Waals surface area (Å²) in [4.78, 5) is 38.1. The molecule has 1 fully saturated rings. The van der Waals surface area contributed by atoms with Gasteiger partial charge in [-0.2, -0.15) is 0 Å². The van der Waals surface area contributed by atoms with Crippen LogP contribution >= 0.6 is 23.5 Å². The van der Waals surface area contributed by atoms with Crippen molar-refractivity contribution in [2.45, 2.75) is 22.7 Å². The minimum absolute atomic E-state index is 0. The number of carboxylic acids is 1. The predicted octanol–water partition coefficient (Wildman–Crippen LogP) is -4.90. The number of carbonyl (C=O) groups is 3. The van der Waals surface area contributed by atoms with Crippen molar-refractivity contribution in [1.29, 1.82) is 0 Å². The van der Waals surface area contributed by atoms with E-state index < -0.39 is 22.9 Å². The third kappa shape index (κ3) is 4.62. The monoisotopic (exact) mass is 452 g/mol. The number of nitrogens with one attached hydrogen (secondary N) is 1. The number of carboxylic acid groups (broad SMARTS) is 1. The number of aromatic nitrogens is 4. The Morgan fingerprint density at radius 3 is 2.93 bits per heavy atom. The average molecular weight is 452 g/mol. The number of thioether (sulfide) groups is 2. The predicted molar refractivity (Wildman–Crippen MR) is 102 cm³/mol. The van der Waals surface area contributed by atoms with Crippen LogP contribution in [0.2, 0.25) is 0 Å². The van der Waals surface area contributed by atoms with Crippen molar-refractivity contribution in [3.63, 3.8) is 0 Å². The van der Waals surface area contributed by atoms with Crippen LogP contribution in [0, 0.1) is 0 Å². The summed E-state index contributed by atoms with van der Waals surface area (Å²) < 4.78 is 1.65. The largest absolute Gasteiger partial charge is 1.00 e. The molecule has 2 aliphatic rings. The molecule has 29 heavy (non-hydrogen) atoms. The van der Waals surface area contributed by atoms with Crippen LogP contribution in [0.15, 0.2) is 16.4 Å². The van der Waals surface area contributed by atoms with E-state index in [0.29, 0.717) is 35.2 Å². The molecule has 0 aromatic carbocycles. The Balaban J connectivity index is 0.00000225. The molecule has 4 N–H and O–H groups in total. The van der Waals surface area contributed by atoms with Gasteiger partial charge in [0, 0.05) is 18.1 Å². The first kappa shape index (κ1) is 24.1. The molecule has 3 rings (SSSR count). The normalized spacial score (nSPS) is 23.4. The summed E-state index contributed by atoms with van der Waals surface area (Å²) in [5.41, 5.74) is 4.83. The molecule has 0 aliphatic carbocycles. The molecule has 15 heteroatoms. The molecule has 1 aromatic rings. The topological polar surface area (TPSA) is 160 Å². The van der Waals surface area contributed by atoms with Crippen molar-refractivity contribution in [3.8, 4) is 0 Å². The van der Waals surface area contributed by atoms with Gasteiger partial charge in [0.2, 0.25) is 17.2 Å². The van der Waals surface area contributed by atoms with Crippen molar-refractivity contribution in [3.05, 3.63) is 11.3 Å². The Hall–Kier alpha value is -1.16. The fourth-order valence-electron chi connectivity index (χ4n) is 2.87. The standard InChI is InChI=1S/C14H20N8O4S2.Na.H/c1-20(2)3-4-21-13(17-18-19-21)28-6-8-5-27-12-14(15,16-7-23)11(26)22(12)9(8)10(24)25;;/h7,12H,3-6,15H2,1-2H3,(H,16,23)(H,24,25);;/q;+1;-1/t12-,14+;;/m1../s1. The molecule has 0 saturated carbocycles. The second kappa shape index (κ2) is 9.76. The number of fused-ring (bicyclic) bond motifs is 1. The molecule has 1 aromatic heterocycles. The Bertz CT molecular complexity index is 841. The zero-order chi connectivity index (χ0) is 20.5. The second-order valence-corrected chi connectivity index (χ2v) is 8.51. The third-order valence-electron chi connectivity index (χ3n) is 4.32. The Kier molecular flexibility index (Phi) is 8.12. The van der Waals surface area contributed by atoms with E-state index in [-0.39, 0.29) is 36.7 Å². The maximum Gasteiger partial charge on any atom is 1.00 e. The number of likely N-dealkylation sites (N-methyl/N-ethyl adjacent to an activating group) is 1. The number of hydrogen-bond donors (Lipinski definition) is 3. The van der Waals surface area contributed by atoms with Gasteiger partial charge in [-0.1, -0.05) is 11.8 Å². The van der Waals surface area contributed by atoms with Gasteiger partial charge in [0.15, 0.2) is 0 Å². The van der Waals surface area contributed by atoms with Crippen molar-refractivity contribution < 1.29 is 50.5 Å². The molecular weight excluding hydrogens is 431 g/mol. The molecule has 2 atom stereocenters. The molecule has 0 radical (unpaired) electrons. The first-order chi connectivity index (χ1) is 13.3. The van der Waals surface area contributed by atoms with Crippen molar-refractivity contribution in [2.75, 3.05) is 32.1 Å². The van der Waals surface area contributed by atoms with Crippen molar-refractivity contribution in [2.24, 2.45) is 5.73 Å². The zero-order valence-corrected chi connectivity index (χ0v) is 19.9. The molecule has 154 valence electrons. The van der Waals surface area contributed by atoms with E-state index in [4.69, 9.17) is 5.73 Å². The molecule has 0 unspecified atom stereocenters. The van der Waals surface area contributed by atoms with E-state index in [2.05, 4.69) is 20.8 Å². The minimum atomic E-state index is -1.58. The number of nitrogens with two attached hydrogens (primary N) is 1. The van der Waals surface area contributed by atoms with Gasteiger partial charge in [-0.15, -0.1) is 16.9 Å². The summed E-state index contributed by atoms with van der Waals surface area (Å²) >= 11 is 2.61. The van der Waals surface area contributed by atoms with Crippen molar-refractivity contribution in [1.82, 2.24) is 35.3 Å². The van der Waals surface area contributed by atoms with E-state index >= 15 is 0 Å². The fraction of sp³-hybridized carbons (Fsp3) is 0.571. The van der Waals surface area contributed by atoms with Gasteiger partial charge in [-0.05, 0) is 30.1 Å². The maximum absolute atomic E-state index is 12.4. The number of nitrogens with zero attached hydrogens (tertiary/aromatic N) is 6. The summed E-state index contributed by atoms with van der Waals surface area (Å²) in [6.45, 7) is 1.35. The van der Waals surface area contributed by atoms with Gasteiger partial charge in [0.1, 0.15) is 11.1 Å². The molecule has 1 saturated heterocycles. The van der Waals surface area contributed by atoms with Crippen LogP contribution in [0.4, 0.5) is 0 Å². The molecule has 0 spiro atoms. The van der Waals surface area contributed by atoms with Crippen LogP contribution in [0.1, 0.15) is 1.43 Å². The van der Waals surface area contributed by atoms with E-state index in [9.17, 15) is 19.5 Å². The van der Waals surface area contributed by atoms with Crippen LogP contribution in [-0.2, 0) is 20.9 Å². The third-order valence-corrected chi connectivity index (χ3v) is 6.78. The smallest absolute Gasteiger partial charge is 1.00 e. The number of hydrogen-bond acceptors (Lipinski definition) is 10. The quantitative estimate of drug-likeness (QED) is 0.108. The van der Waals surface area contributed by atoms with E-state index in [1.54, 1.807) is 4.68 Å². The van der Waals surface area contributed by atoms with Crippen LogP contribution in [0.25, 0.3) is 0 Å². The maximum atomic E-state index is 12.4. The number of amides is 2. The van der Waals surface area contributed by atoms with Gasteiger partial charge in [0.25, 0.3) is 5.91 Å². The molecular formula is C14H21N8NaO4S2. The summed E-state index contributed by atoms with van der Waals surface area (Å²) in [5, 5.41) is 23.5. The van der Waals surface area contributed by atoms with Gasteiger partial charge in [0.05, 0.1) is 6.54 Å². The van der Waals surface area contributed by atoms with Crippen molar-refractivity contribution >= 4 is 41.8 Å². The van der Waals surface area contributed by atoms with Gasteiger partial charge in [-0.25, -0.2) is 9.48 Å². The zero-order valence-electron chi connectivity index (χ0n) is 17.2. The molecule has 12 nitrogen and oxygen atoms in total. The fourth-order valence-corrected chi connectivity index (χ4v) is 5.30. The van der Waals surface area contributed by atoms with E-state index in [1.807, 2.05) is 19.0 Å². The van der Waals surface area contributed by atoms with Crippen LogP contribution in [0.3, 0.4) is 0 Å². The first-order valence-corrected chi connectivity index (χ1v) is 10.3. The van der Waals surface area contributed by atoms with Gasteiger partial charge >= 0.3 is 35.5 Å². The number of carbonyl (C=O) groups excluding carboxylic acids is 2. The molecule has 0 bridgehead atoms. The first-order valence-electron chi connectivity index (χ1n) is 8.24. The van der Waals surface area contributed by atoms with E-state index in [0.717, 1.165) is 11.4 Å². The van der Waals surface area contributed by atoms with Crippen LogP contribution < -0.4 is 40.6 Å². The molecule has 2 aliphatic heterocycles. The Labute approximate surface area is 198 Å². The van der Waals surface area contributed by atoms with Gasteiger partial charge < -0.3 is 16.7 Å². The average Bonchev–Trinajstić information content (AvgIpc) is 3.10. The Morgan fingerprint density at radius 1 is 1.59 bits per heavy atom. The SMILES string of the molecule is CN(C)CCn1nnnc1SCC1=C(C(=O)O)N2C(=O)[C@](N)(NC=O)[C@H]2SC1.[H-].[Na+]. The summed E-state index contributed by atoms with van der Waals surface area (Å²) in [6, 6.07) is 0. The summed E-state index contributed by atoms with van der Waals surface area (Å²) in [7, 11) is 3.88. The number of tetrazole rings is 1. The van der Waals surface area contributed by atoms with Crippen LogP contribution in [0.5, 0.6) is 0 Å². The molecule has 2 amide bonds. The van der Waals surface area contributed by atoms with Gasteiger partial charge in [-0.3, -0.25) is 20.2 Å². The number of rotatable bonds is 9. The number of β-lactam (4-membered cyclic amide) rings is 1. The number of aliphatic carboxylic acids is 1. The minimum Gasteiger partial charge on any atom is -1.00 e. The second-order valence-electron chi connectivity index (χ2n) is 6.50.